The Bertz CT molecular complexity index is 707. The molecule has 0 saturated carbocycles. The zero-order chi connectivity index (χ0) is 11.3. The minimum absolute atomic E-state index is 0.0909. The maximum Gasteiger partial charge on any atom is 0.225 e. The molecule has 0 spiro atoms. The van der Waals surface area contributed by atoms with Gasteiger partial charge in [-0.05, 0) is 17.7 Å². The number of fused-ring (bicyclic) bond motifs is 3. The van der Waals surface area contributed by atoms with E-state index in [1.165, 1.54) is 0 Å². The van der Waals surface area contributed by atoms with Crippen LogP contribution in [-0.2, 0) is 0 Å². The van der Waals surface area contributed by atoms with Crippen LogP contribution in [0.1, 0.15) is 0 Å². The molecule has 16 heavy (non-hydrogen) atoms. The van der Waals surface area contributed by atoms with Gasteiger partial charge in [0, 0.05) is 11.6 Å². The first-order valence-corrected chi connectivity index (χ1v) is 5.45. The molecule has 0 aliphatic rings. The van der Waals surface area contributed by atoms with Crippen molar-refractivity contribution in [3.05, 3.63) is 27.9 Å². The molecule has 0 amide bonds. The zero-order valence-corrected chi connectivity index (χ0v) is 9.90. The molecular weight excluding hydrogens is 270 g/mol. The Kier molecular flexibility index (Phi) is 2.17. The zero-order valence-electron chi connectivity index (χ0n) is 7.63. The Hall–Kier alpha value is -1.10. The van der Waals surface area contributed by atoms with Crippen molar-refractivity contribution in [3.8, 4) is 0 Å². The second kappa shape index (κ2) is 3.45. The van der Waals surface area contributed by atoms with E-state index in [9.17, 15) is 0 Å². The number of nitrogens with zero attached hydrogens (tertiary/aromatic N) is 3. The van der Waals surface area contributed by atoms with Gasteiger partial charge in [0.1, 0.15) is 10.8 Å². The van der Waals surface area contributed by atoms with Gasteiger partial charge in [0.2, 0.25) is 5.28 Å². The summed E-state index contributed by atoms with van der Waals surface area (Å²) >= 11 is 17.7. The highest BCUT2D eigenvalue weighted by atomic mass is 35.5. The molecule has 4 nitrogen and oxygen atoms in total. The lowest BCUT2D eigenvalue weighted by Crippen LogP contribution is -1.84. The third-order valence-electron chi connectivity index (χ3n) is 2.26. The van der Waals surface area contributed by atoms with Crippen molar-refractivity contribution in [2.45, 2.75) is 0 Å². The summed E-state index contributed by atoms with van der Waals surface area (Å²) in [5.74, 6) is 0. The van der Waals surface area contributed by atoms with Gasteiger partial charge in [-0.2, -0.15) is 4.98 Å². The SMILES string of the molecule is Clc1nc(Cl)c2c(n1)[nH]c1c(Cl)nccc12. The topological polar surface area (TPSA) is 54.5 Å². The van der Waals surface area contributed by atoms with Crippen LogP contribution in [0.4, 0.5) is 0 Å². The number of H-pyrrole nitrogens is 1. The molecule has 0 unspecified atom stereocenters. The van der Waals surface area contributed by atoms with Crippen LogP contribution in [0.15, 0.2) is 12.3 Å². The number of rotatable bonds is 0. The summed E-state index contributed by atoms with van der Waals surface area (Å²) in [4.78, 5) is 14.9. The molecule has 7 heteroatoms. The number of aromatic amines is 1. The molecule has 1 N–H and O–H groups in total. The lowest BCUT2D eigenvalue weighted by molar-refractivity contribution is 1.20. The molecular formula is C9H3Cl3N4. The molecule has 0 bridgehead atoms. The first-order valence-electron chi connectivity index (χ1n) is 4.32. The maximum atomic E-state index is 6.02. The van der Waals surface area contributed by atoms with Crippen molar-refractivity contribution in [2.24, 2.45) is 0 Å². The van der Waals surface area contributed by atoms with Gasteiger partial charge < -0.3 is 4.98 Å². The number of halogens is 3. The molecule has 80 valence electrons. The Morgan fingerprint density at radius 3 is 2.69 bits per heavy atom. The fourth-order valence-corrected chi connectivity index (χ4v) is 2.31. The summed E-state index contributed by atoms with van der Waals surface area (Å²) in [6, 6.07) is 1.79. The van der Waals surface area contributed by atoms with E-state index in [1.54, 1.807) is 12.3 Å². The van der Waals surface area contributed by atoms with Crippen LogP contribution >= 0.6 is 34.8 Å². The molecule has 3 heterocycles. The third kappa shape index (κ3) is 1.34. The molecule has 0 atom stereocenters. The van der Waals surface area contributed by atoms with E-state index in [2.05, 4.69) is 19.9 Å². The molecule has 0 aromatic carbocycles. The van der Waals surface area contributed by atoms with Gasteiger partial charge in [-0.15, -0.1) is 0 Å². The van der Waals surface area contributed by atoms with Crippen molar-refractivity contribution in [1.29, 1.82) is 0 Å². The van der Waals surface area contributed by atoms with E-state index in [0.29, 0.717) is 26.9 Å². The Balaban J connectivity index is 2.61. The highest BCUT2D eigenvalue weighted by molar-refractivity contribution is 6.39. The Morgan fingerprint density at radius 2 is 1.88 bits per heavy atom. The quantitative estimate of drug-likeness (QED) is 0.388. The first kappa shape index (κ1) is 10.1. The second-order valence-electron chi connectivity index (χ2n) is 3.16. The lowest BCUT2D eigenvalue weighted by Gasteiger charge is -1.94. The molecule has 0 aliphatic heterocycles. The average Bonchev–Trinajstić information content (AvgIpc) is 2.57. The number of hydrogen-bond donors (Lipinski definition) is 1. The maximum absolute atomic E-state index is 6.02. The lowest BCUT2D eigenvalue weighted by atomic mass is 10.2. The van der Waals surface area contributed by atoms with Crippen LogP contribution in [-0.4, -0.2) is 19.9 Å². The van der Waals surface area contributed by atoms with E-state index in [1.807, 2.05) is 0 Å². The Morgan fingerprint density at radius 1 is 1.06 bits per heavy atom. The fourth-order valence-electron chi connectivity index (χ4n) is 1.62. The molecule has 3 aromatic heterocycles. The predicted octanol–water partition coefficient (Wildman–Crippen LogP) is 3.47. The molecule has 0 aliphatic carbocycles. The smallest absolute Gasteiger partial charge is 0.225 e. The van der Waals surface area contributed by atoms with Crippen LogP contribution in [0.2, 0.25) is 15.6 Å². The van der Waals surface area contributed by atoms with Crippen LogP contribution in [0.3, 0.4) is 0 Å². The summed E-state index contributed by atoms with van der Waals surface area (Å²) < 4.78 is 0. The Labute approximate surface area is 105 Å². The van der Waals surface area contributed by atoms with Gasteiger partial charge in [0.05, 0.1) is 10.9 Å². The largest absolute Gasteiger partial charge is 0.336 e. The molecule has 0 fully saturated rings. The third-order valence-corrected chi connectivity index (χ3v) is 2.98. The van der Waals surface area contributed by atoms with Gasteiger partial charge in [-0.25, -0.2) is 9.97 Å². The molecule has 0 saturated heterocycles. The second-order valence-corrected chi connectivity index (χ2v) is 4.21. The number of pyridine rings is 1. The fraction of sp³-hybridized carbons (Fsp3) is 0. The number of aromatic nitrogens is 4. The van der Waals surface area contributed by atoms with Crippen molar-refractivity contribution < 1.29 is 0 Å². The predicted molar refractivity (Wildman–Crippen MR) is 64.2 cm³/mol. The van der Waals surface area contributed by atoms with Gasteiger partial charge in [-0.1, -0.05) is 23.2 Å². The van der Waals surface area contributed by atoms with E-state index >= 15 is 0 Å². The van der Waals surface area contributed by atoms with Crippen molar-refractivity contribution >= 4 is 56.7 Å². The minimum Gasteiger partial charge on any atom is -0.336 e. The summed E-state index contributed by atoms with van der Waals surface area (Å²) in [7, 11) is 0. The number of hydrogen-bond acceptors (Lipinski definition) is 3. The van der Waals surface area contributed by atoms with Gasteiger partial charge >= 0.3 is 0 Å². The van der Waals surface area contributed by atoms with Crippen molar-refractivity contribution in [2.75, 3.05) is 0 Å². The normalized spacial score (nSPS) is 11.4. The molecule has 0 radical (unpaired) electrons. The molecule has 3 rings (SSSR count). The van der Waals surface area contributed by atoms with Crippen molar-refractivity contribution in [3.63, 3.8) is 0 Å². The van der Waals surface area contributed by atoms with Gasteiger partial charge in [0.25, 0.3) is 0 Å². The number of nitrogens with one attached hydrogen (secondary N) is 1. The first-order chi connectivity index (χ1) is 7.66. The summed E-state index contributed by atoms with van der Waals surface area (Å²) in [5, 5.41) is 2.28. The summed E-state index contributed by atoms with van der Waals surface area (Å²) in [6.45, 7) is 0. The van der Waals surface area contributed by atoms with E-state index in [-0.39, 0.29) is 5.28 Å². The van der Waals surface area contributed by atoms with Crippen molar-refractivity contribution in [1.82, 2.24) is 19.9 Å². The highest BCUT2D eigenvalue weighted by Crippen LogP contribution is 2.32. The minimum atomic E-state index is 0.0909. The van der Waals surface area contributed by atoms with Gasteiger partial charge in [0.15, 0.2) is 5.15 Å². The van der Waals surface area contributed by atoms with E-state index < -0.39 is 0 Å². The van der Waals surface area contributed by atoms with Crippen LogP contribution < -0.4 is 0 Å². The summed E-state index contributed by atoms with van der Waals surface area (Å²) in [5.41, 5.74) is 1.23. The average molecular weight is 274 g/mol. The standard InChI is InChI=1S/C9H3Cl3N4/c10-6-4-3-1-2-13-7(11)5(3)14-8(4)16-9(12)15-6/h1-2H,(H,14,15,16). The van der Waals surface area contributed by atoms with E-state index in [0.717, 1.165) is 5.39 Å². The van der Waals surface area contributed by atoms with Gasteiger partial charge in [-0.3, -0.25) is 0 Å². The highest BCUT2D eigenvalue weighted by Gasteiger charge is 2.13. The molecule has 3 aromatic rings. The van der Waals surface area contributed by atoms with Crippen LogP contribution in [0.5, 0.6) is 0 Å². The van der Waals surface area contributed by atoms with Crippen LogP contribution in [0.25, 0.3) is 21.9 Å². The summed E-state index contributed by atoms with van der Waals surface area (Å²) in [6.07, 6.45) is 1.60. The monoisotopic (exact) mass is 272 g/mol. The van der Waals surface area contributed by atoms with Crippen LogP contribution in [0, 0.1) is 0 Å². The van der Waals surface area contributed by atoms with E-state index in [4.69, 9.17) is 34.8 Å².